The van der Waals surface area contributed by atoms with E-state index in [0.717, 1.165) is 6.42 Å². The summed E-state index contributed by atoms with van der Waals surface area (Å²) < 4.78 is 5.85. The highest BCUT2D eigenvalue weighted by molar-refractivity contribution is 4.88. The second kappa shape index (κ2) is 3.75. The van der Waals surface area contributed by atoms with E-state index in [-0.39, 0.29) is 5.72 Å². The van der Waals surface area contributed by atoms with Crippen LogP contribution < -0.4 is 5.32 Å². The van der Waals surface area contributed by atoms with Crippen LogP contribution in [0.5, 0.6) is 0 Å². The number of ether oxygens (including phenoxy) is 1. The zero-order chi connectivity index (χ0) is 9.19. The molecule has 1 heterocycles. The van der Waals surface area contributed by atoms with Crippen LogP contribution >= 0.6 is 0 Å². The van der Waals surface area contributed by atoms with Crippen LogP contribution in [0, 0.1) is 0 Å². The first-order valence-electron chi connectivity index (χ1n) is 5.04. The zero-order valence-electron chi connectivity index (χ0n) is 8.68. The molecule has 0 aromatic heterocycles. The fourth-order valence-corrected chi connectivity index (χ4v) is 1.97. The molecule has 12 heavy (non-hydrogen) atoms. The molecule has 1 fully saturated rings. The quantitative estimate of drug-likeness (QED) is 0.703. The maximum absolute atomic E-state index is 5.85. The van der Waals surface area contributed by atoms with Gasteiger partial charge in [-0.1, -0.05) is 20.3 Å². The lowest BCUT2D eigenvalue weighted by atomic mass is 10.0. The largest absolute Gasteiger partial charge is 0.356 e. The van der Waals surface area contributed by atoms with Gasteiger partial charge in [-0.25, -0.2) is 0 Å². The van der Waals surface area contributed by atoms with Crippen LogP contribution in [0.4, 0.5) is 0 Å². The lowest BCUT2D eigenvalue weighted by Crippen LogP contribution is -2.38. The Morgan fingerprint density at radius 1 is 1.33 bits per heavy atom. The van der Waals surface area contributed by atoms with Crippen molar-refractivity contribution in [2.45, 2.75) is 64.8 Å². The van der Waals surface area contributed by atoms with Gasteiger partial charge in [0.1, 0.15) is 5.72 Å². The van der Waals surface area contributed by atoms with Gasteiger partial charge >= 0.3 is 0 Å². The molecule has 1 aliphatic heterocycles. The van der Waals surface area contributed by atoms with Crippen LogP contribution in [-0.2, 0) is 4.74 Å². The molecule has 0 bridgehead atoms. The normalized spacial score (nSPS) is 34.0. The molecular weight excluding hydrogens is 150 g/mol. The molecule has 2 unspecified atom stereocenters. The average Bonchev–Trinajstić information content (AvgIpc) is 2.26. The Morgan fingerprint density at radius 3 is 2.50 bits per heavy atom. The van der Waals surface area contributed by atoms with E-state index in [2.05, 4.69) is 33.0 Å². The number of rotatable bonds is 3. The van der Waals surface area contributed by atoms with E-state index in [1.807, 2.05) is 0 Å². The molecule has 0 saturated carbocycles. The van der Waals surface area contributed by atoms with Crippen molar-refractivity contribution in [3.63, 3.8) is 0 Å². The van der Waals surface area contributed by atoms with Gasteiger partial charge in [0.25, 0.3) is 0 Å². The summed E-state index contributed by atoms with van der Waals surface area (Å²) in [4.78, 5) is 0. The van der Waals surface area contributed by atoms with Crippen LogP contribution in [0.15, 0.2) is 0 Å². The minimum absolute atomic E-state index is 0.111. The minimum Gasteiger partial charge on any atom is -0.356 e. The van der Waals surface area contributed by atoms with Crippen LogP contribution in [0.3, 0.4) is 0 Å². The van der Waals surface area contributed by atoms with E-state index < -0.39 is 0 Å². The predicted molar refractivity (Wildman–Crippen MR) is 51.1 cm³/mol. The van der Waals surface area contributed by atoms with Crippen LogP contribution in [0.1, 0.15) is 47.0 Å². The van der Waals surface area contributed by atoms with Crippen molar-refractivity contribution in [3.8, 4) is 0 Å². The smallest absolute Gasteiger partial charge is 0.114 e. The molecule has 0 amide bonds. The lowest BCUT2D eigenvalue weighted by Gasteiger charge is -2.17. The van der Waals surface area contributed by atoms with Gasteiger partial charge in [0.15, 0.2) is 0 Å². The van der Waals surface area contributed by atoms with Crippen molar-refractivity contribution in [2.75, 3.05) is 0 Å². The summed E-state index contributed by atoms with van der Waals surface area (Å²) in [6.45, 7) is 8.62. The summed E-state index contributed by atoms with van der Waals surface area (Å²) in [5.41, 5.74) is -0.111. The molecule has 0 spiro atoms. The molecule has 2 nitrogen and oxygen atoms in total. The Bertz CT molecular complexity index is 145. The minimum atomic E-state index is -0.111. The monoisotopic (exact) mass is 171 g/mol. The second-order valence-corrected chi connectivity index (χ2v) is 4.11. The van der Waals surface area contributed by atoms with Crippen molar-refractivity contribution in [1.29, 1.82) is 0 Å². The highest BCUT2D eigenvalue weighted by atomic mass is 16.5. The van der Waals surface area contributed by atoms with Crippen molar-refractivity contribution >= 4 is 0 Å². The number of hydrogen-bond donors (Lipinski definition) is 1. The molecule has 0 aromatic carbocycles. The molecule has 1 N–H and O–H groups in total. The van der Waals surface area contributed by atoms with E-state index in [1.165, 1.54) is 12.8 Å². The first-order valence-corrected chi connectivity index (χ1v) is 5.04. The molecule has 0 aliphatic carbocycles. The van der Waals surface area contributed by atoms with Gasteiger partial charge in [-0.2, -0.15) is 0 Å². The molecule has 72 valence electrons. The Hall–Kier alpha value is -0.0800. The highest BCUT2D eigenvalue weighted by Gasteiger charge is 2.37. The number of hydrogen-bond acceptors (Lipinski definition) is 2. The summed E-state index contributed by atoms with van der Waals surface area (Å²) >= 11 is 0. The van der Waals surface area contributed by atoms with Crippen LogP contribution in [0.2, 0.25) is 0 Å². The summed E-state index contributed by atoms with van der Waals surface area (Å²) in [5, 5.41) is 3.51. The molecule has 0 radical (unpaired) electrons. The summed E-state index contributed by atoms with van der Waals surface area (Å²) in [7, 11) is 0. The van der Waals surface area contributed by atoms with Gasteiger partial charge in [-0.3, -0.25) is 5.32 Å². The fraction of sp³-hybridized carbons (Fsp3) is 1.00. The molecule has 0 aromatic rings. The van der Waals surface area contributed by atoms with Crippen molar-refractivity contribution in [2.24, 2.45) is 0 Å². The molecule has 1 saturated heterocycles. The van der Waals surface area contributed by atoms with E-state index in [9.17, 15) is 0 Å². The van der Waals surface area contributed by atoms with Gasteiger partial charge in [-0.15, -0.1) is 0 Å². The summed E-state index contributed by atoms with van der Waals surface area (Å²) in [6.07, 6.45) is 3.98. The van der Waals surface area contributed by atoms with Crippen molar-refractivity contribution in [3.05, 3.63) is 0 Å². The Labute approximate surface area is 75.7 Å². The number of nitrogens with one attached hydrogen (secondary N) is 1. The average molecular weight is 171 g/mol. The van der Waals surface area contributed by atoms with Crippen LogP contribution in [-0.4, -0.2) is 17.9 Å². The van der Waals surface area contributed by atoms with Crippen molar-refractivity contribution in [1.82, 2.24) is 5.32 Å². The van der Waals surface area contributed by atoms with E-state index >= 15 is 0 Å². The van der Waals surface area contributed by atoms with E-state index in [0.29, 0.717) is 12.1 Å². The topological polar surface area (TPSA) is 21.3 Å². The highest BCUT2D eigenvalue weighted by Crippen LogP contribution is 2.25. The molecule has 1 rings (SSSR count). The molecule has 1 aliphatic rings. The van der Waals surface area contributed by atoms with E-state index in [1.54, 1.807) is 0 Å². The SMILES string of the molecule is CCCC1NC(C)(C)OC1CC. The molecule has 2 atom stereocenters. The van der Waals surface area contributed by atoms with Gasteiger partial charge in [0, 0.05) is 6.04 Å². The molecular formula is C10H21NO. The summed E-state index contributed by atoms with van der Waals surface area (Å²) in [6, 6.07) is 0.565. The first kappa shape index (κ1) is 10.0. The van der Waals surface area contributed by atoms with Crippen molar-refractivity contribution < 1.29 is 4.74 Å². The lowest BCUT2D eigenvalue weighted by molar-refractivity contribution is -0.0261. The third-order valence-corrected chi connectivity index (χ3v) is 2.43. The fourth-order valence-electron chi connectivity index (χ4n) is 1.97. The van der Waals surface area contributed by atoms with Gasteiger partial charge < -0.3 is 4.74 Å². The Morgan fingerprint density at radius 2 is 2.00 bits per heavy atom. The van der Waals surface area contributed by atoms with Gasteiger partial charge in [0.2, 0.25) is 0 Å². The zero-order valence-corrected chi connectivity index (χ0v) is 8.68. The molecule has 2 heteroatoms. The Balaban J connectivity index is 2.50. The first-order chi connectivity index (χ1) is 5.59. The maximum Gasteiger partial charge on any atom is 0.114 e. The third-order valence-electron chi connectivity index (χ3n) is 2.43. The van der Waals surface area contributed by atoms with E-state index in [4.69, 9.17) is 4.74 Å². The maximum atomic E-state index is 5.85. The van der Waals surface area contributed by atoms with Crippen LogP contribution in [0.25, 0.3) is 0 Å². The summed E-state index contributed by atoms with van der Waals surface area (Å²) in [5.74, 6) is 0. The van der Waals surface area contributed by atoms with Gasteiger partial charge in [-0.05, 0) is 26.7 Å². The van der Waals surface area contributed by atoms with Gasteiger partial charge in [0.05, 0.1) is 6.10 Å². The standard InChI is InChI=1S/C10H21NO/c1-5-7-8-9(6-2)12-10(3,4)11-8/h8-9,11H,5-7H2,1-4H3. The second-order valence-electron chi connectivity index (χ2n) is 4.11. The Kier molecular flexibility index (Phi) is 3.13. The third kappa shape index (κ3) is 2.20. The predicted octanol–water partition coefficient (Wildman–Crippen LogP) is 2.29.